The molecular formula is C14H18N4O3. The third kappa shape index (κ3) is 2.76. The lowest BCUT2D eigenvalue weighted by Crippen LogP contribution is -2.42. The fourth-order valence-electron chi connectivity index (χ4n) is 2.76. The number of aromatic amines is 1. The SMILES string of the molecule is Cc1noc(C)c1C(=O)N[C@H]1CCC[C@H]1Oc1cn[nH]c1. The quantitative estimate of drug-likeness (QED) is 0.894. The molecule has 1 fully saturated rings. The van der Waals surface area contributed by atoms with E-state index in [0.717, 1.165) is 19.3 Å². The van der Waals surface area contributed by atoms with Crippen LogP contribution in [0.1, 0.15) is 41.1 Å². The van der Waals surface area contributed by atoms with E-state index in [1.807, 2.05) is 0 Å². The van der Waals surface area contributed by atoms with Crippen molar-refractivity contribution in [3.8, 4) is 5.75 Å². The van der Waals surface area contributed by atoms with E-state index < -0.39 is 0 Å². The Morgan fingerprint density at radius 2 is 2.33 bits per heavy atom. The second kappa shape index (κ2) is 5.59. The van der Waals surface area contributed by atoms with E-state index in [2.05, 4.69) is 20.7 Å². The molecule has 0 saturated heterocycles. The van der Waals surface area contributed by atoms with Gasteiger partial charge in [0.25, 0.3) is 5.91 Å². The summed E-state index contributed by atoms with van der Waals surface area (Å²) in [5, 5.41) is 13.4. The van der Waals surface area contributed by atoms with Crippen molar-refractivity contribution in [3.63, 3.8) is 0 Å². The van der Waals surface area contributed by atoms with Gasteiger partial charge in [0.1, 0.15) is 17.4 Å². The Morgan fingerprint density at radius 3 is 3.00 bits per heavy atom. The van der Waals surface area contributed by atoms with Crippen LogP contribution in [0.15, 0.2) is 16.9 Å². The van der Waals surface area contributed by atoms with Crippen LogP contribution in [0, 0.1) is 13.8 Å². The number of carbonyl (C=O) groups is 1. The van der Waals surface area contributed by atoms with Crippen molar-refractivity contribution < 1.29 is 14.1 Å². The zero-order chi connectivity index (χ0) is 14.8. The zero-order valence-electron chi connectivity index (χ0n) is 12.0. The number of H-pyrrole nitrogens is 1. The highest BCUT2D eigenvalue weighted by atomic mass is 16.5. The fraction of sp³-hybridized carbons (Fsp3) is 0.500. The average molecular weight is 290 g/mol. The summed E-state index contributed by atoms with van der Waals surface area (Å²) >= 11 is 0. The van der Waals surface area contributed by atoms with Crippen LogP contribution in [0.5, 0.6) is 5.75 Å². The van der Waals surface area contributed by atoms with E-state index in [0.29, 0.717) is 22.8 Å². The summed E-state index contributed by atoms with van der Waals surface area (Å²) in [5.74, 6) is 1.08. The first-order valence-electron chi connectivity index (χ1n) is 7.04. The maximum Gasteiger partial charge on any atom is 0.257 e. The summed E-state index contributed by atoms with van der Waals surface area (Å²) in [4.78, 5) is 12.4. The van der Waals surface area contributed by atoms with Crippen LogP contribution in [0.2, 0.25) is 0 Å². The van der Waals surface area contributed by atoms with Gasteiger partial charge in [-0.1, -0.05) is 5.16 Å². The van der Waals surface area contributed by atoms with Gasteiger partial charge in [-0.05, 0) is 33.1 Å². The molecule has 1 aliphatic rings. The van der Waals surface area contributed by atoms with Crippen molar-refractivity contribution >= 4 is 5.91 Å². The van der Waals surface area contributed by atoms with Crippen LogP contribution >= 0.6 is 0 Å². The van der Waals surface area contributed by atoms with Gasteiger partial charge in [0.2, 0.25) is 0 Å². The van der Waals surface area contributed by atoms with Gasteiger partial charge in [-0.15, -0.1) is 0 Å². The van der Waals surface area contributed by atoms with Crippen LogP contribution in [-0.4, -0.2) is 33.4 Å². The number of hydrogen-bond donors (Lipinski definition) is 2. The molecule has 0 radical (unpaired) electrons. The Hall–Kier alpha value is -2.31. The van der Waals surface area contributed by atoms with Crippen LogP contribution in [0.3, 0.4) is 0 Å². The van der Waals surface area contributed by atoms with E-state index >= 15 is 0 Å². The highest BCUT2D eigenvalue weighted by molar-refractivity contribution is 5.96. The first kappa shape index (κ1) is 13.7. The summed E-state index contributed by atoms with van der Waals surface area (Å²) in [6.07, 6.45) is 6.13. The zero-order valence-corrected chi connectivity index (χ0v) is 12.0. The highest BCUT2D eigenvalue weighted by Crippen LogP contribution is 2.25. The van der Waals surface area contributed by atoms with Crippen molar-refractivity contribution in [2.45, 2.75) is 45.3 Å². The largest absolute Gasteiger partial charge is 0.485 e. The third-order valence-corrected chi connectivity index (χ3v) is 3.79. The molecule has 0 spiro atoms. The lowest BCUT2D eigenvalue weighted by molar-refractivity contribution is 0.0892. The molecule has 0 bridgehead atoms. The second-order valence-electron chi connectivity index (χ2n) is 5.30. The molecule has 21 heavy (non-hydrogen) atoms. The molecule has 1 amide bonds. The summed E-state index contributed by atoms with van der Waals surface area (Å²) in [7, 11) is 0. The van der Waals surface area contributed by atoms with Crippen LogP contribution in [0.25, 0.3) is 0 Å². The molecule has 2 aromatic rings. The Kier molecular flexibility index (Phi) is 3.64. The number of amides is 1. The van der Waals surface area contributed by atoms with Crippen molar-refractivity contribution in [1.82, 2.24) is 20.7 Å². The minimum absolute atomic E-state index is 0.0129. The second-order valence-corrected chi connectivity index (χ2v) is 5.30. The molecule has 1 saturated carbocycles. The predicted octanol–water partition coefficient (Wildman–Crippen LogP) is 1.74. The van der Waals surface area contributed by atoms with Crippen molar-refractivity contribution in [3.05, 3.63) is 29.4 Å². The molecule has 1 aliphatic carbocycles. The summed E-state index contributed by atoms with van der Waals surface area (Å²) < 4.78 is 10.9. The molecule has 0 aromatic carbocycles. The number of nitrogens with zero attached hydrogens (tertiary/aromatic N) is 2. The number of rotatable bonds is 4. The van der Waals surface area contributed by atoms with Gasteiger partial charge in [-0.25, -0.2) is 0 Å². The Labute approximate surface area is 122 Å². The predicted molar refractivity (Wildman–Crippen MR) is 74.1 cm³/mol. The van der Waals surface area contributed by atoms with E-state index in [4.69, 9.17) is 9.26 Å². The van der Waals surface area contributed by atoms with Crippen molar-refractivity contribution in [2.24, 2.45) is 0 Å². The van der Waals surface area contributed by atoms with Gasteiger partial charge >= 0.3 is 0 Å². The first-order chi connectivity index (χ1) is 10.1. The molecule has 7 nitrogen and oxygen atoms in total. The number of aryl methyl sites for hydroxylation is 2. The molecule has 2 heterocycles. The first-order valence-corrected chi connectivity index (χ1v) is 7.04. The van der Waals surface area contributed by atoms with E-state index in [1.165, 1.54) is 0 Å². The van der Waals surface area contributed by atoms with Crippen LogP contribution in [-0.2, 0) is 0 Å². The van der Waals surface area contributed by atoms with E-state index in [1.54, 1.807) is 26.2 Å². The van der Waals surface area contributed by atoms with E-state index in [9.17, 15) is 4.79 Å². The van der Waals surface area contributed by atoms with Crippen molar-refractivity contribution in [2.75, 3.05) is 0 Å². The average Bonchev–Trinajstić information content (AvgIpc) is 3.15. The standard InChI is InChI=1S/C14H18N4O3/c1-8-13(9(2)21-18-8)14(19)17-11-4-3-5-12(11)20-10-6-15-16-7-10/h6-7,11-12H,3-5H2,1-2H3,(H,15,16)(H,17,19)/t11-,12+/m0/s1. The molecule has 2 aromatic heterocycles. The van der Waals surface area contributed by atoms with Crippen LogP contribution in [0.4, 0.5) is 0 Å². The molecule has 0 aliphatic heterocycles. The number of hydrogen-bond acceptors (Lipinski definition) is 5. The number of carbonyl (C=O) groups excluding carboxylic acids is 1. The molecule has 112 valence electrons. The molecule has 7 heteroatoms. The molecule has 0 unspecified atom stereocenters. The van der Waals surface area contributed by atoms with Gasteiger partial charge in [0, 0.05) is 0 Å². The van der Waals surface area contributed by atoms with Gasteiger partial charge < -0.3 is 14.6 Å². The molecule has 2 atom stereocenters. The monoisotopic (exact) mass is 290 g/mol. The smallest absolute Gasteiger partial charge is 0.257 e. The minimum Gasteiger partial charge on any atom is -0.485 e. The van der Waals surface area contributed by atoms with Gasteiger partial charge in [0.15, 0.2) is 5.75 Å². The lowest BCUT2D eigenvalue weighted by Gasteiger charge is -2.21. The van der Waals surface area contributed by atoms with Crippen LogP contribution < -0.4 is 10.1 Å². The molecular weight excluding hydrogens is 272 g/mol. The van der Waals surface area contributed by atoms with Gasteiger partial charge in [0.05, 0.1) is 24.1 Å². The third-order valence-electron chi connectivity index (χ3n) is 3.79. The Bertz CT molecular complexity index is 601. The van der Waals surface area contributed by atoms with E-state index in [-0.39, 0.29) is 18.1 Å². The van der Waals surface area contributed by atoms with Gasteiger partial charge in [-0.2, -0.15) is 5.10 Å². The number of aromatic nitrogens is 3. The summed E-state index contributed by atoms with van der Waals surface area (Å²) in [5.41, 5.74) is 1.12. The molecule has 3 rings (SSSR count). The molecule has 2 N–H and O–H groups in total. The summed E-state index contributed by atoms with van der Waals surface area (Å²) in [6.45, 7) is 3.50. The maximum absolute atomic E-state index is 12.4. The minimum atomic E-state index is -0.154. The lowest BCUT2D eigenvalue weighted by atomic mass is 10.1. The van der Waals surface area contributed by atoms with Gasteiger partial charge in [-0.3, -0.25) is 9.89 Å². The summed E-state index contributed by atoms with van der Waals surface area (Å²) in [6, 6.07) is -0.0129. The normalized spacial score (nSPS) is 21.4. The highest BCUT2D eigenvalue weighted by Gasteiger charge is 2.32. The number of ether oxygens (including phenoxy) is 1. The Balaban J connectivity index is 1.67. The van der Waals surface area contributed by atoms with Crippen molar-refractivity contribution in [1.29, 1.82) is 0 Å². The fourth-order valence-corrected chi connectivity index (χ4v) is 2.76. The topological polar surface area (TPSA) is 93.0 Å². The number of nitrogens with one attached hydrogen (secondary N) is 2. The Morgan fingerprint density at radius 1 is 1.48 bits per heavy atom. The maximum atomic E-state index is 12.4.